The third-order valence-corrected chi connectivity index (χ3v) is 10.1. The summed E-state index contributed by atoms with van der Waals surface area (Å²) in [6.45, 7) is 0. The Morgan fingerprint density at radius 1 is 0.309 bits per heavy atom. The molecule has 0 atom stereocenters. The maximum atomic E-state index is 5.28. The van der Waals surface area contributed by atoms with Crippen LogP contribution < -0.4 is 0 Å². The van der Waals surface area contributed by atoms with Gasteiger partial charge in [-0.3, -0.25) is 4.57 Å². The van der Waals surface area contributed by atoms with Crippen molar-refractivity contribution in [3.05, 3.63) is 200 Å². The van der Waals surface area contributed by atoms with E-state index >= 15 is 0 Å². The Labute approximate surface area is 318 Å². The van der Waals surface area contributed by atoms with Crippen LogP contribution in [0.5, 0.6) is 0 Å². The lowest BCUT2D eigenvalue weighted by atomic mass is 10.00. The molecule has 0 saturated carbocycles. The molecule has 55 heavy (non-hydrogen) atoms. The zero-order chi connectivity index (χ0) is 36.6. The molecule has 5 heteroatoms. The van der Waals surface area contributed by atoms with Gasteiger partial charge in [0, 0.05) is 38.6 Å². The molecule has 0 N–H and O–H groups in total. The molecule has 3 aromatic heterocycles. The van der Waals surface area contributed by atoms with Crippen LogP contribution in [-0.2, 0) is 0 Å². The summed E-state index contributed by atoms with van der Waals surface area (Å²) < 4.78 is 2.20. The lowest BCUT2D eigenvalue weighted by Gasteiger charge is -2.12. The predicted octanol–water partition coefficient (Wildman–Crippen LogP) is 12.4. The molecule has 7 aromatic carbocycles. The minimum absolute atomic E-state index is 0.591. The van der Waals surface area contributed by atoms with Crippen LogP contribution in [0.3, 0.4) is 0 Å². The van der Waals surface area contributed by atoms with Gasteiger partial charge in [-0.1, -0.05) is 170 Å². The summed E-state index contributed by atoms with van der Waals surface area (Å²) >= 11 is 0. The zero-order valence-electron chi connectivity index (χ0n) is 29.8. The van der Waals surface area contributed by atoms with Gasteiger partial charge in [-0.2, -0.15) is 0 Å². The van der Waals surface area contributed by atoms with Crippen LogP contribution in [0, 0.1) is 0 Å². The van der Waals surface area contributed by atoms with Crippen LogP contribution in [0.15, 0.2) is 200 Å². The van der Waals surface area contributed by atoms with Crippen molar-refractivity contribution >= 4 is 21.8 Å². The van der Waals surface area contributed by atoms with Crippen LogP contribution in [0.25, 0.3) is 95.3 Å². The minimum atomic E-state index is 0.591. The fourth-order valence-corrected chi connectivity index (χ4v) is 7.41. The molecule has 258 valence electrons. The van der Waals surface area contributed by atoms with E-state index in [0.29, 0.717) is 11.8 Å². The molecular weight excluding hydrogens is 671 g/mol. The van der Waals surface area contributed by atoms with Crippen molar-refractivity contribution in [1.82, 2.24) is 24.5 Å². The highest BCUT2D eigenvalue weighted by atomic mass is 15.2. The number of fused-ring (bicyclic) bond motifs is 3. The van der Waals surface area contributed by atoms with Crippen LogP contribution in [0.1, 0.15) is 0 Å². The topological polar surface area (TPSA) is 56.5 Å². The van der Waals surface area contributed by atoms with Crippen LogP contribution in [0.4, 0.5) is 0 Å². The lowest BCUT2D eigenvalue weighted by Crippen LogP contribution is -2.04. The summed E-state index contributed by atoms with van der Waals surface area (Å²) in [5.41, 5.74) is 12.7. The van der Waals surface area contributed by atoms with Gasteiger partial charge in [0.15, 0.2) is 5.82 Å². The summed E-state index contributed by atoms with van der Waals surface area (Å²) in [6.07, 6.45) is 0. The Hall–Kier alpha value is -7.50. The van der Waals surface area contributed by atoms with E-state index in [1.165, 1.54) is 0 Å². The van der Waals surface area contributed by atoms with E-state index in [1.54, 1.807) is 0 Å². The highest BCUT2D eigenvalue weighted by molar-refractivity contribution is 6.16. The standard InChI is InChI=1S/C50H33N5/c1-6-17-34(18-7-1)39-29-30-46-41(31-39)48-40(49-51-42(35-19-8-2-9-20-35)32-43(52-49)36-21-10-3-11-22-36)27-16-28-47(48)55(46)50-53-44(37-23-12-4-13-24-37)33-45(54-50)38-25-14-5-15-26-38/h1-33H. The Morgan fingerprint density at radius 2 is 0.745 bits per heavy atom. The van der Waals surface area contributed by atoms with Gasteiger partial charge in [-0.25, -0.2) is 19.9 Å². The smallest absolute Gasteiger partial charge is 0.235 e. The normalized spacial score (nSPS) is 11.3. The van der Waals surface area contributed by atoms with Crippen LogP contribution in [0.2, 0.25) is 0 Å². The molecule has 0 spiro atoms. The van der Waals surface area contributed by atoms with Crippen molar-refractivity contribution in [2.45, 2.75) is 0 Å². The van der Waals surface area contributed by atoms with E-state index < -0.39 is 0 Å². The summed E-state index contributed by atoms with van der Waals surface area (Å²) in [6, 6.07) is 69.0. The molecular formula is C50H33N5. The Kier molecular flexibility index (Phi) is 8.08. The summed E-state index contributed by atoms with van der Waals surface area (Å²) in [5, 5.41) is 2.10. The average Bonchev–Trinajstić information content (AvgIpc) is 3.61. The van der Waals surface area contributed by atoms with Gasteiger partial charge in [-0.15, -0.1) is 0 Å². The zero-order valence-corrected chi connectivity index (χ0v) is 29.8. The van der Waals surface area contributed by atoms with Crippen molar-refractivity contribution in [3.8, 4) is 73.5 Å². The Bertz CT molecular complexity index is 2830. The fourth-order valence-electron chi connectivity index (χ4n) is 7.41. The molecule has 0 aliphatic carbocycles. The fraction of sp³-hybridized carbons (Fsp3) is 0. The van der Waals surface area contributed by atoms with E-state index in [9.17, 15) is 0 Å². The van der Waals surface area contributed by atoms with E-state index in [0.717, 1.165) is 83.5 Å². The number of aromatic nitrogens is 5. The van der Waals surface area contributed by atoms with E-state index in [4.69, 9.17) is 19.9 Å². The van der Waals surface area contributed by atoms with Crippen LogP contribution in [-0.4, -0.2) is 24.5 Å². The van der Waals surface area contributed by atoms with Crippen molar-refractivity contribution in [2.24, 2.45) is 0 Å². The van der Waals surface area contributed by atoms with E-state index in [-0.39, 0.29) is 0 Å². The number of hydrogen-bond acceptors (Lipinski definition) is 4. The van der Waals surface area contributed by atoms with Gasteiger partial charge in [0.2, 0.25) is 5.95 Å². The SMILES string of the molecule is c1ccc(-c2ccc3c(c2)c2c(-c4nc(-c5ccccc5)cc(-c5ccccc5)n4)cccc2n3-c2nc(-c3ccccc3)cc(-c3ccccc3)n2)cc1. The number of rotatable bonds is 7. The Balaban J connectivity index is 1.28. The number of benzene rings is 7. The quantitative estimate of drug-likeness (QED) is 0.166. The lowest BCUT2D eigenvalue weighted by molar-refractivity contribution is 0.995. The van der Waals surface area contributed by atoms with E-state index in [1.807, 2.05) is 72.8 Å². The maximum Gasteiger partial charge on any atom is 0.235 e. The number of hydrogen-bond donors (Lipinski definition) is 0. The molecule has 0 radical (unpaired) electrons. The monoisotopic (exact) mass is 703 g/mol. The third kappa shape index (κ3) is 6.04. The average molecular weight is 704 g/mol. The first-order chi connectivity index (χ1) is 27.3. The van der Waals surface area contributed by atoms with Crippen molar-refractivity contribution < 1.29 is 0 Å². The Morgan fingerprint density at radius 3 is 1.22 bits per heavy atom. The summed E-state index contributed by atoms with van der Waals surface area (Å²) in [5.74, 6) is 1.24. The van der Waals surface area contributed by atoms with Gasteiger partial charge in [0.1, 0.15) is 0 Å². The van der Waals surface area contributed by atoms with Gasteiger partial charge >= 0.3 is 0 Å². The summed E-state index contributed by atoms with van der Waals surface area (Å²) in [4.78, 5) is 21.1. The molecule has 3 heterocycles. The molecule has 10 aromatic rings. The highest BCUT2D eigenvalue weighted by Crippen LogP contribution is 2.40. The van der Waals surface area contributed by atoms with Gasteiger partial charge < -0.3 is 0 Å². The van der Waals surface area contributed by atoms with Gasteiger partial charge in [0.25, 0.3) is 0 Å². The third-order valence-electron chi connectivity index (χ3n) is 10.1. The molecule has 0 unspecified atom stereocenters. The first-order valence-corrected chi connectivity index (χ1v) is 18.4. The van der Waals surface area contributed by atoms with Crippen molar-refractivity contribution in [3.63, 3.8) is 0 Å². The second-order valence-corrected chi connectivity index (χ2v) is 13.5. The molecule has 0 bridgehead atoms. The first-order valence-electron chi connectivity index (χ1n) is 18.4. The molecule has 5 nitrogen and oxygen atoms in total. The first kappa shape index (κ1) is 32.2. The second-order valence-electron chi connectivity index (χ2n) is 13.5. The largest absolute Gasteiger partial charge is 0.278 e. The van der Waals surface area contributed by atoms with Crippen molar-refractivity contribution in [1.29, 1.82) is 0 Å². The summed E-state index contributed by atoms with van der Waals surface area (Å²) in [7, 11) is 0. The van der Waals surface area contributed by atoms with Crippen LogP contribution >= 0.6 is 0 Å². The molecule has 10 rings (SSSR count). The molecule has 0 saturated heterocycles. The molecule has 0 amide bonds. The number of nitrogens with zero attached hydrogens (tertiary/aromatic N) is 5. The van der Waals surface area contributed by atoms with E-state index in [2.05, 4.69) is 132 Å². The minimum Gasteiger partial charge on any atom is -0.278 e. The van der Waals surface area contributed by atoms with Crippen molar-refractivity contribution in [2.75, 3.05) is 0 Å². The van der Waals surface area contributed by atoms with Gasteiger partial charge in [-0.05, 0) is 41.5 Å². The van der Waals surface area contributed by atoms with Gasteiger partial charge in [0.05, 0.1) is 33.8 Å². The second kappa shape index (κ2) is 13.8. The highest BCUT2D eigenvalue weighted by Gasteiger charge is 2.22. The molecule has 0 aliphatic heterocycles. The maximum absolute atomic E-state index is 5.28. The predicted molar refractivity (Wildman–Crippen MR) is 225 cm³/mol. The molecule has 0 fully saturated rings. The molecule has 0 aliphatic rings.